The van der Waals surface area contributed by atoms with E-state index < -0.39 is 29.4 Å². The average Bonchev–Trinajstić information content (AvgIpc) is 3.66. The summed E-state index contributed by atoms with van der Waals surface area (Å²) in [5.74, 6) is -0.205. The first-order valence-corrected chi connectivity index (χ1v) is 21.0. The molecule has 0 aliphatic heterocycles. The highest BCUT2D eigenvalue weighted by atomic mass is 16.3. The zero-order chi connectivity index (χ0) is 48.7. The van der Waals surface area contributed by atoms with Crippen molar-refractivity contribution >= 4 is 11.0 Å². The number of imidazole rings is 1. The van der Waals surface area contributed by atoms with Crippen molar-refractivity contribution < 1.29 is 13.3 Å². The maximum atomic E-state index is 12.5. The number of aromatic nitrogens is 3. The molecule has 1 N–H and O–H groups in total. The second-order valence-corrected chi connectivity index (χ2v) is 19.5. The fourth-order valence-corrected chi connectivity index (χ4v) is 7.91. The molecule has 0 fully saturated rings. The maximum absolute atomic E-state index is 12.5. The molecule has 0 amide bonds. The Kier molecular flexibility index (Phi) is 8.84. The van der Waals surface area contributed by atoms with E-state index >= 15 is 0 Å². The fourth-order valence-electron chi connectivity index (χ4n) is 7.91. The van der Waals surface area contributed by atoms with Crippen molar-refractivity contribution in [2.45, 2.75) is 98.3 Å². The summed E-state index contributed by atoms with van der Waals surface area (Å²) in [6.45, 7) is 23.1. The molecule has 0 aliphatic rings. The van der Waals surface area contributed by atoms with Crippen LogP contribution in [0, 0.1) is 0 Å². The normalized spacial score (nSPS) is 14.0. The Morgan fingerprint density at radius 1 is 0.590 bits per heavy atom. The van der Waals surface area contributed by atoms with E-state index in [1.54, 1.807) is 18.3 Å². The van der Waals surface area contributed by atoms with E-state index in [4.69, 9.17) is 16.8 Å². The molecule has 308 valence electrons. The molecular formula is C57H59N3O. The molecule has 8 rings (SSSR count). The fraction of sp³-hybridized carbons (Fsp3) is 0.263. The molecule has 4 heteroatoms. The lowest BCUT2D eigenvalue weighted by atomic mass is 9.79. The number of rotatable bonds is 7. The topological polar surface area (TPSA) is 50.9 Å². The van der Waals surface area contributed by atoms with Crippen molar-refractivity contribution in [3.05, 3.63) is 168 Å². The Morgan fingerprint density at radius 2 is 1.28 bits per heavy atom. The molecule has 0 bridgehead atoms. The van der Waals surface area contributed by atoms with Crippen LogP contribution in [0.15, 0.2) is 146 Å². The van der Waals surface area contributed by atoms with Crippen molar-refractivity contribution in [2.24, 2.45) is 0 Å². The third-order valence-corrected chi connectivity index (χ3v) is 11.5. The van der Waals surface area contributed by atoms with Crippen LogP contribution in [-0.4, -0.2) is 19.6 Å². The van der Waals surface area contributed by atoms with Crippen LogP contribution in [0.2, 0.25) is 0 Å². The van der Waals surface area contributed by atoms with Gasteiger partial charge in [-0.2, -0.15) is 0 Å². The van der Waals surface area contributed by atoms with Crippen LogP contribution in [0.4, 0.5) is 0 Å². The van der Waals surface area contributed by atoms with Crippen LogP contribution in [0.1, 0.15) is 113 Å². The van der Waals surface area contributed by atoms with Crippen molar-refractivity contribution in [3.63, 3.8) is 0 Å². The van der Waals surface area contributed by atoms with Crippen LogP contribution in [0.3, 0.4) is 0 Å². The van der Waals surface area contributed by atoms with E-state index in [9.17, 15) is 6.48 Å². The van der Waals surface area contributed by atoms with E-state index in [0.717, 1.165) is 61.3 Å². The van der Waals surface area contributed by atoms with Gasteiger partial charge >= 0.3 is 0 Å². The molecule has 8 aromatic rings. The lowest BCUT2D eigenvalue weighted by Gasteiger charge is -2.27. The summed E-state index contributed by atoms with van der Waals surface area (Å²) >= 11 is 0. The first kappa shape index (κ1) is 34.5. The second-order valence-electron chi connectivity index (χ2n) is 19.5. The number of aromatic hydroxyl groups is 1. The molecule has 2 heterocycles. The Balaban J connectivity index is 1.45. The number of pyridine rings is 1. The number of para-hydroxylation sites is 1. The molecule has 0 unspecified atom stereocenters. The minimum atomic E-state index is -0.938. The van der Waals surface area contributed by atoms with E-state index in [2.05, 4.69) is 140 Å². The zero-order valence-electron chi connectivity index (χ0n) is 43.3. The van der Waals surface area contributed by atoms with Gasteiger partial charge in [-0.15, -0.1) is 0 Å². The standard InChI is InChI=1S/C57H59N3O/c1-36(2)40-27-41(38-21-16-13-17-22-38)32-46(31-40)60-51-24-18-23-47(52(51)59-54(60)48-34-45(56(6,7)8)35-49(53(48)61)57(9,10)11)42-28-43(30-44(29-42)55(3,4)5)50-33-39(25-26-58-50)37-19-14-12-15-20-37/h12-36,61H,1-11H3/i12D,14D,15D,19D,20D,36D. The summed E-state index contributed by atoms with van der Waals surface area (Å²) in [5, 5.41) is 12.5. The lowest BCUT2D eigenvalue weighted by molar-refractivity contribution is 0.446. The molecule has 0 aliphatic carbocycles. The summed E-state index contributed by atoms with van der Waals surface area (Å²) in [7, 11) is 0. The van der Waals surface area contributed by atoms with Crippen LogP contribution in [-0.2, 0) is 16.2 Å². The maximum Gasteiger partial charge on any atom is 0.149 e. The number of phenols is 1. The largest absolute Gasteiger partial charge is 0.507 e. The predicted octanol–water partition coefficient (Wildman–Crippen LogP) is 15.5. The molecule has 0 radical (unpaired) electrons. The minimum absolute atomic E-state index is 0.117. The van der Waals surface area contributed by atoms with Crippen molar-refractivity contribution in [1.29, 1.82) is 0 Å². The van der Waals surface area contributed by atoms with Gasteiger partial charge in [0.05, 0.1) is 29.1 Å². The molecule has 0 saturated carbocycles. The van der Waals surface area contributed by atoms with Gasteiger partial charge in [0.15, 0.2) is 0 Å². The first-order chi connectivity index (χ1) is 31.2. The lowest BCUT2D eigenvalue weighted by Crippen LogP contribution is -2.17. The van der Waals surface area contributed by atoms with Crippen LogP contribution >= 0.6 is 0 Å². The third kappa shape index (κ3) is 8.29. The number of fused-ring (bicyclic) bond motifs is 1. The highest BCUT2D eigenvalue weighted by Crippen LogP contribution is 2.45. The predicted molar refractivity (Wildman–Crippen MR) is 258 cm³/mol. The molecule has 4 nitrogen and oxygen atoms in total. The van der Waals surface area contributed by atoms with E-state index in [1.165, 1.54) is 0 Å². The van der Waals surface area contributed by atoms with Gasteiger partial charge in [-0.05, 0) is 115 Å². The van der Waals surface area contributed by atoms with Gasteiger partial charge in [0.1, 0.15) is 11.6 Å². The SMILES string of the molecule is [2H]c1c([2H])c([2H])c(-c2ccnc(-c3cc(-c4cccc5c4nc(-c4cc(C(C)(C)C)cc(C(C)(C)C)c4O)n5-c4cc(-c5ccccc5)cc(C([2H])(C)C)c4)cc(C(C)(C)C)c3)c2)c([2H])c1[2H]. The Bertz CT molecular complexity index is 3210. The summed E-state index contributed by atoms with van der Waals surface area (Å²) < 4.78 is 53.6. The molecule has 6 aromatic carbocycles. The summed E-state index contributed by atoms with van der Waals surface area (Å²) in [6.07, 6.45) is 1.61. The monoisotopic (exact) mass is 808 g/mol. The van der Waals surface area contributed by atoms with Gasteiger partial charge in [0, 0.05) is 29.9 Å². The first-order valence-electron chi connectivity index (χ1n) is 24.0. The highest BCUT2D eigenvalue weighted by molar-refractivity contribution is 5.97. The quantitative estimate of drug-likeness (QED) is 0.174. The molecule has 61 heavy (non-hydrogen) atoms. The van der Waals surface area contributed by atoms with Gasteiger partial charge in [-0.1, -0.05) is 167 Å². The van der Waals surface area contributed by atoms with Crippen LogP contribution in [0.25, 0.3) is 72.7 Å². The van der Waals surface area contributed by atoms with Gasteiger partial charge in [0.25, 0.3) is 0 Å². The Morgan fingerprint density at radius 3 is 1.95 bits per heavy atom. The summed E-state index contributed by atoms with van der Waals surface area (Å²) in [6, 6.07) is 34.9. The molecule has 0 atom stereocenters. The number of phenolic OH excluding ortho intramolecular Hbond substituents is 1. The van der Waals surface area contributed by atoms with Crippen LogP contribution < -0.4 is 0 Å². The van der Waals surface area contributed by atoms with Gasteiger partial charge in [-0.25, -0.2) is 4.98 Å². The Hall–Kier alpha value is -6.26. The minimum Gasteiger partial charge on any atom is -0.507 e. The second kappa shape index (κ2) is 15.6. The van der Waals surface area contributed by atoms with E-state index in [0.29, 0.717) is 28.2 Å². The summed E-state index contributed by atoms with van der Waals surface area (Å²) in [5.41, 5.74) is 11.4. The number of hydrogen-bond donors (Lipinski definition) is 1. The smallest absolute Gasteiger partial charge is 0.149 e. The zero-order valence-corrected chi connectivity index (χ0v) is 37.3. The third-order valence-electron chi connectivity index (χ3n) is 11.5. The highest BCUT2D eigenvalue weighted by Gasteiger charge is 2.29. The van der Waals surface area contributed by atoms with Crippen molar-refractivity contribution in [1.82, 2.24) is 14.5 Å². The number of nitrogens with zero attached hydrogens (tertiary/aromatic N) is 3. The van der Waals surface area contributed by atoms with Gasteiger partial charge in [-0.3, -0.25) is 9.55 Å². The van der Waals surface area contributed by atoms with Crippen molar-refractivity contribution in [2.75, 3.05) is 0 Å². The van der Waals surface area contributed by atoms with Crippen molar-refractivity contribution in [3.8, 4) is 67.5 Å². The van der Waals surface area contributed by atoms with Gasteiger partial charge < -0.3 is 5.11 Å². The van der Waals surface area contributed by atoms with E-state index in [1.807, 2.05) is 38.1 Å². The number of benzene rings is 6. The summed E-state index contributed by atoms with van der Waals surface area (Å²) in [4.78, 5) is 10.4. The molecule has 0 saturated heterocycles. The average molecular weight is 808 g/mol. The molecular weight excluding hydrogens is 743 g/mol. The van der Waals surface area contributed by atoms with E-state index in [-0.39, 0.29) is 34.2 Å². The molecule has 2 aromatic heterocycles. The molecule has 0 spiro atoms. The van der Waals surface area contributed by atoms with Crippen LogP contribution in [0.5, 0.6) is 5.75 Å². The van der Waals surface area contributed by atoms with Gasteiger partial charge in [0.2, 0.25) is 0 Å². The number of hydrogen-bond acceptors (Lipinski definition) is 3. The Labute approximate surface area is 371 Å².